The van der Waals surface area contributed by atoms with Crippen LogP contribution in [0.3, 0.4) is 0 Å². The van der Waals surface area contributed by atoms with E-state index < -0.39 is 16.6 Å². The number of nitrogens with one attached hydrogen (secondary N) is 1. The van der Waals surface area contributed by atoms with Gasteiger partial charge in [-0.05, 0) is 20.8 Å². The number of hydrogen-bond acceptors (Lipinski definition) is 4. The number of nitro benzene ring substituents is 1. The average Bonchev–Trinajstić information content (AvgIpc) is 2.15. The molecular weight excluding hydrogens is 313 g/mol. The number of nitro groups is 1. The number of rotatable bonds is 2. The third kappa shape index (κ3) is 6.07. The maximum Gasteiger partial charge on any atom is 0.401 e. The number of non-ortho nitro benzene ring substituents is 1. The van der Waals surface area contributed by atoms with Gasteiger partial charge in [-0.1, -0.05) is 17.8 Å². The van der Waals surface area contributed by atoms with Crippen LogP contribution >= 0.6 is 0 Å². The van der Waals surface area contributed by atoms with Crippen LogP contribution in [0.15, 0.2) is 18.2 Å². The number of amides is 1. The molecule has 0 unspecified atom stereocenters. The van der Waals surface area contributed by atoms with Crippen LogP contribution in [0, 0.1) is 16.2 Å². The van der Waals surface area contributed by atoms with Gasteiger partial charge in [0.25, 0.3) is 0 Å². The quantitative estimate of drug-likeness (QED) is 0.515. The van der Waals surface area contributed by atoms with Gasteiger partial charge in [0.15, 0.2) is 5.69 Å². The second-order valence-corrected chi connectivity index (χ2v) is 4.35. The fourth-order valence-corrected chi connectivity index (χ4v) is 1.03. The van der Waals surface area contributed by atoms with Crippen molar-refractivity contribution < 1.29 is 47.2 Å². The van der Waals surface area contributed by atoms with Gasteiger partial charge in [0.1, 0.15) is 5.60 Å². The number of ether oxygens (including phenoxy) is 1. The van der Waals surface area contributed by atoms with E-state index in [2.05, 4.69) is 11.4 Å². The molecule has 0 atom stereocenters. The Hall–Kier alpha value is -1.01. The maximum atomic E-state index is 11.4. The Morgan fingerprint density at radius 2 is 2.06 bits per heavy atom. The summed E-state index contributed by atoms with van der Waals surface area (Å²) in [5.41, 5.74) is -0.348. The molecule has 0 spiro atoms. The van der Waals surface area contributed by atoms with Gasteiger partial charge < -0.3 is 10.1 Å². The van der Waals surface area contributed by atoms with Crippen molar-refractivity contribution in [2.75, 3.05) is 5.32 Å². The van der Waals surface area contributed by atoms with Gasteiger partial charge in [0.2, 0.25) is 0 Å². The second-order valence-electron chi connectivity index (χ2n) is 4.35. The minimum atomic E-state index is -0.611. The SMILES string of the molecule is CC(C)(C)OC(=O)Nc1c[c-]c([N+](=O)[O-])cc1.[Y]. The number of nitrogens with zero attached hydrogens (tertiary/aromatic N) is 1. The monoisotopic (exact) mass is 326 g/mol. The van der Waals surface area contributed by atoms with E-state index in [1.807, 2.05) is 0 Å². The molecule has 1 rings (SSSR count). The molecule has 0 fully saturated rings. The number of benzene rings is 1. The molecule has 1 amide bonds. The molecule has 1 N–H and O–H groups in total. The predicted molar refractivity (Wildman–Crippen MR) is 61.8 cm³/mol. The van der Waals surface area contributed by atoms with Crippen LogP contribution in [-0.2, 0) is 37.4 Å². The first-order chi connectivity index (χ1) is 7.78. The summed E-state index contributed by atoms with van der Waals surface area (Å²) >= 11 is 0. The Labute approximate surface area is 130 Å². The van der Waals surface area contributed by atoms with Gasteiger partial charge in [-0.2, -0.15) is 0 Å². The van der Waals surface area contributed by atoms with Gasteiger partial charge in [-0.3, -0.25) is 10.1 Å². The second kappa shape index (κ2) is 6.80. The molecule has 1 aromatic carbocycles. The minimum Gasteiger partial charge on any atom is -0.444 e. The molecule has 0 saturated heterocycles. The standard InChI is InChI=1S/C11H13N2O4.Y/c1-11(2,3)17-10(14)12-8-4-6-9(7-5-8)13(15)16;/h4-6H,1-3H3,(H,12,14);/q-1;. The molecule has 0 heterocycles. The number of carbonyl (C=O) groups is 1. The van der Waals surface area contributed by atoms with Crippen molar-refractivity contribution in [3.63, 3.8) is 0 Å². The molecule has 0 bridgehead atoms. The van der Waals surface area contributed by atoms with Crippen LogP contribution in [0.25, 0.3) is 0 Å². The van der Waals surface area contributed by atoms with Crippen molar-refractivity contribution in [3.05, 3.63) is 34.4 Å². The minimum absolute atomic E-state index is 0. The van der Waals surface area contributed by atoms with E-state index in [1.165, 1.54) is 18.2 Å². The van der Waals surface area contributed by atoms with E-state index in [0.29, 0.717) is 5.69 Å². The molecule has 6 nitrogen and oxygen atoms in total. The normalized spacial score (nSPS) is 10.2. The van der Waals surface area contributed by atoms with Crippen molar-refractivity contribution in [2.24, 2.45) is 0 Å². The molecule has 1 aromatic rings. The summed E-state index contributed by atoms with van der Waals surface area (Å²) in [6.07, 6.45) is -0.611. The average molecular weight is 326 g/mol. The number of hydrogen-bond donors (Lipinski definition) is 1. The van der Waals surface area contributed by atoms with Crippen molar-refractivity contribution in [1.29, 1.82) is 0 Å². The fourth-order valence-electron chi connectivity index (χ4n) is 1.03. The Bertz CT molecular complexity index is 426. The van der Waals surface area contributed by atoms with E-state index in [-0.39, 0.29) is 38.4 Å². The van der Waals surface area contributed by atoms with Gasteiger partial charge in [0, 0.05) is 37.6 Å². The smallest absolute Gasteiger partial charge is 0.401 e. The predicted octanol–water partition coefficient (Wildman–Crippen LogP) is 2.74. The number of anilines is 1. The fraction of sp³-hybridized carbons (Fsp3) is 0.364. The van der Waals surface area contributed by atoms with Crippen molar-refractivity contribution in [1.82, 2.24) is 0 Å². The molecule has 0 aliphatic rings. The van der Waals surface area contributed by atoms with Gasteiger partial charge in [-0.15, -0.1) is 12.1 Å². The first-order valence-electron chi connectivity index (χ1n) is 4.94. The summed E-state index contributed by atoms with van der Waals surface area (Å²) in [5.74, 6) is 0. The zero-order valence-electron chi connectivity index (χ0n) is 10.4. The van der Waals surface area contributed by atoms with Gasteiger partial charge in [-0.25, -0.2) is 4.79 Å². The molecule has 18 heavy (non-hydrogen) atoms. The number of carbonyl (C=O) groups excluding carboxylic acids is 1. The zero-order valence-corrected chi connectivity index (χ0v) is 13.2. The molecule has 95 valence electrons. The molecule has 0 saturated carbocycles. The van der Waals surface area contributed by atoms with Crippen LogP contribution in [0.1, 0.15) is 20.8 Å². The van der Waals surface area contributed by atoms with E-state index in [0.717, 1.165) is 0 Å². The molecular formula is C11H13N2O4Y-. The van der Waals surface area contributed by atoms with Crippen molar-refractivity contribution in [3.8, 4) is 0 Å². The molecule has 1 radical (unpaired) electrons. The Morgan fingerprint density at radius 3 is 2.44 bits per heavy atom. The van der Waals surface area contributed by atoms with E-state index >= 15 is 0 Å². The first-order valence-corrected chi connectivity index (χ1v) is 4.94. The van der Waals surface area contributed by atoms with E-state index in [9.17, 15) is 14.9 Å². The largest absolute Gasteiger partial charge is 0.444 e. The summed E-state index contributed by atoms with van der Waals surface area (Å²) < 4.78 is 5.02. The third-order valence-corrected chi connectivity index (χ3v) is 1.64. The Kier molecular flexibility index (Phi) is 6.42. The van der Waals surface area contributed by atoms with Crippen LogP contribution < -0.4 is 5.32 Å². The topological polar surface area (TPSA) is 81.5 Å². The molecule has 0 aliphatic carbocycles. The summed E-state index contributed by atoms with van der Waals surface area (Å²) in [7, 11) is 0. The van der Waals surface area contributed by atoms with E-state index in [4.69, 9.17) is 4.74 Å². The summed E-state index contributed by atoms with van der Waals surface area (Å²) in [6.45, 7) is 5.23. The van der Waals surface area contributed by atoms with Crippen molar-refractivity contribution in [2.45, 2.75) is 26.4 Å². The van der Waals surface area contributed by atoms with Crippen LogP contribution in [-0.4, -0.2) is 16.6 Å². The summed E-state index contributed by atoms with van der Waals surface area (Å²) in [6, 6.07) is 6.43. The van der Waals surface area contributed by atoms with Crippen LogP contribution in [0.2, 0.25) is 0 Å². The third-order valence-electron chi connectivity index (χ3n) is 1.64. The van der Waals surface area contributed by atoms with Gasteiger partial charge in [0.05, 0.1) is 0 Å². The maximum absolute atomic E-state index is 11.4. The zero-order chi connectivity index (χ0) is 13.1. The van der Waals surface area contributed by atoms with E-state index in [1.54, 1.807) is 20.8 Å². The Morgan fingerprint density at radius 1 is 1.44 bits per heavy atom. The molecule has 0 aromatic heterocycles. The summed E-state index contributed by atoms with van der Waals surface area (Å²) in [5, 5.41) is 12.8. The van der Waals surface area contributed by atoms with Crippen LogP contribution in [0.4, 0.5) is 16.2 Å². The molecule has 7 heteroatoms. The first kappa shape index (κ1) is 17.0. The van der Waals surface area contributed by atoms with Crippen molar-refractivity contribution >= 4 is 17.5 Å². The van der Waals surface area contributed by atoms with Gasteiger partial charge >= 0.3 is 6.09 Å². The molecule has 0 aliphatic heterocycles. The Balaban J connectivity index is 0.00000289. The van der Waals surface area contributed by atoms with Crippen LogP contribution in [0.5, 0.6) is 0 Å². The summed E-state index contributed by atoms with van der Waals surface area (Å²) in [4.78, 5) is 21.2.